The predicted molar refractivity (Wildman–Crippen MR) is 82.8 cm³/mol. The third-order valence-corrected chi connectivity index (χ3v) is 4.08. The van der Waals surface area contributed by atoms with Gasteiger partial charge in [-0.1, -0.05) is 0 Å². The molecule has 1 aromatic carbocycles. The molecule has 0 radical (unpaired) electrons. The van der Waals surface area contributed by atoms with Crippen LogP contribution in [0.2, 0.25) is 0 Å². The molecule has 2 aromatic rings. The first-order valence-corrected chi connectivity index (χ1v) is 7.40. The minimum Gasteiger partial charge on any atom is -0.478 e. The number of thiophene rings is 1. The molecule has 5 nitrogen and oxygen atoms in total. The summed E-state index contributed by atoms with van der Waals surface area (Å²) >= 11 is 4.15. The van der Waals surface area contributed by atoms with Crippen LogP contribution >= 0.6 is 27.3 Å². The van der Waals surface area contributed by atoms with Gasteiger partial charge < -0.3 is 10.4 Å². The Labute approximate surface area is 131 Å². The zero-order valence-corrected chi connectivity index (χ0v) is 13.1. The second kappa shape index (κ2) is 6.23. The van der Waals surface area contributed by atoms with Crippen LogP contribution in [0.5, 0.6) is 0 Å². The molecule has 3 N–H and O–H groups in total. The molecule has 0 atom stereocenters. The molecule has 0 aliphatic rings. The van der Waals surface area contributed by atoms with E-state index in [0.717, 1.165) is 11.3 Å². The highest BCUT2D eigenvalue weighted by Gasteiger charge is 2.15. The number of rotatable bonds is 3. The van der Waals surface area contributed by atoms with E-state index in [1.165, 1.54) is 12.1 Å². The molecule has 110 valence electrons. The number of urea groups is 1. The monoisotopic (exact) mass is 372 g/mol. The standard InChI is InChI=1S/C13H10BrFN2O3S/c1-6-4-8(14)9(15)5-10(6)16-13(20)17-11-7(12(18)19)2-3-21-11/h2-5H,1H3,(H,18,19)(H2,16,17,20). The van der Waals surface area contributed by atoms with Crippen molar-refractivity contribution in [2.24, 2.45) is 0 Å². The number of anilines is 2. The molecule has 0 aliphatic carbocycles. The molecule has 1 aromatic heterocycles. The number of aromatic carboxylic acids is 1. The molecule has 2 rings (SSSR count). The molecular weight excluding hydrogens is 363 g/mol. The number of benzene rings is 1. The van der Waals surface area contributed by atoms with Gasteiger partial charge in [-0.3, -0.25) is 5.32 Å². The summed E-state index contributed by atoms with van der Waals surface area (Å²) in [5.74, 6) is -1.63. The van der Waals surface area contributed by atoms with E-state index in [1.807, 2.05) is 0 Å². The molecular formula is C13H10BrFN2O3S. The first-order valence-electron chi connectivity index (χ1n) is 5.73. The van der Waals surface area contributed by atoms with Gasteiger partial charge in [0.15, 0.2) is 0 Å². The lowest BCUT2D eigenvalue weighted by Crippen LogP contribution is -2.20. The van der Waals surface area contributed by atoms with E-state index in [4.69, 9.17) is 5.11 Å². The van der Waals surface area contributed by atoms with Crippen LogP contribution in [0, 0.1) is 12.7 Å². The van der Waals surface area contributed by atoms with Gasteiger partial charge in [-0.2, -0.15) is 0 Å². The Morgan fingerprint density at radius 1 is 1.33 bits per heavy atom. The van der Waals surface area contributed by atoms with Crippen LogP contribution in [0.3, 0.4) is 0 Å². The number of nitrogens with one attached hydrogen (secondary N) is 2. The maximum absolute atomic E-state index is 13.5. The molecule has 21 heavy (non-hydrogen) atoms. The van der Waals surface area contributed by atoms with E-state index in [2.05, 4.69) is 26.6 Å². The van der Waals surface area contributed by atoms with Gasteiger partial charge in [0.1, 0.15) is 10.8 Å². The molecule has 0 aliphatic heterocycles. The number of carbonyl (C=O) groups is 2. The van der Waals surface area contributed by atoms with Crippen LogP contribution in [0.4, 0.5) is 19.9 Å². The van der Waals surface area contributed by atoms with Crippen molar-refractivity contribution in [2.45, 2.75) is 6.92 Å². The highest BCUT2D eigenvalue weighted by molar-refractivity contribution is 9.10. The van der Waals surface area contributed by atoms with Crippen LogP contribution in [-0.2, 0) is 0 Å². The number of carboxylic acids is 1. The van der Waals surface area contributed by atoms with Gasteiger partial charge in [-0.25, -0.2) is 14.0 Å². The van der Waals surface area contributed by atoms with Gasteiger partial charge in [0.2, 0.25) is 0 Å². The van der Waals surface area contributed by atoms with Crippen molar-refractivity contribution in [1.82, 2.24) is 0 Å². The minimum atomic E-state index is -1.13. The smallest absolute Gasteiger partial charge is 0.338 e. The minimum absolute atomic E-state index is 0.00820. The lowest BCUT2D eigenvalue weighted by atomic mass is 10.2. The second-order valence-electron chi connectivity index (χ2n) is 4.13. The van der Waals surface area contributed by atoms with E-state index in [0.29, 0.717) is 15.7 Å². The summed E-state index contributed by atoms with van der Waals surface area (Å²) in [6.45, 7) is 1.72. The molecule has 0 bridgehead atoms. The summed E-state index contributed by atoms with van der Waals surface area (Å²) in [6.07, 6.45) is 0. The highest BCUT2D eigenvalue weighted by Crippen LogP contribution is 2.26. The van der Waals surface area contributed by atoms with Crippen molar-refractivity contribution in [1.29, 1.82) is 0 Å². The van der Waals surface area contributed by atoms with Gasteiger partial charge in [0, 0.05) is 5.69 Å². The van der Waals surface area contributed by atoms with Gasteiger partial charge in [0.05, 0.1) is 10.0 Å². The first-order chi connectivity index (χ1) is 9.88. The topological polar surface area (TPSA) is 78.4 Å². The fourth-order valence-corrected chi connectivity index (χ4v) is 2.84. The Morgan fingerprint density at radius 3 is 2.71 bits per heavy atom. The van der Waals surface area contributed by atoms with E-state index in [9.17, 15) is 14.0 Å². The van der Waals surface area contributed by atoms with E-state index in [1.54, 1.807) is 18.4 Å². The van der Waals surface area contributed by atoms with Crippen LogP contribution in [0.15, 0.2) is 28.1 Å². The Hall–Kier alpha value is -1.93. The maximum atomic E-state index is 13.5. The van der Waals surface area contributed by atoms with Crippen molar-refractivity contribution in [3.8, 4) is 0 Å². The fraction of sp³-hybridized carbons (Fsp3) is 0.0769. The summed E-state index contributed by atoms with van der Waals surface area (Å²) in [5, 5.41) is 15.6. The Kier molecular flexibility index (Phi) is 4.59. The van der Waals surface area contributed by atoms with Crippen molar-refractivity contribution >= 4 is 50.0 Å². The van der Waals surface area contributed by atoms with Crippen molar-refractivity contribution < 1.29 is 19.1 Å². The number of hydrogen-bond acceptors (Lipinski definition) is 3. The largest absolute Gasteiger partial charge is 0.478 e. The van der Waals surface area contributed by atoms with Crippen molar-refractivity contribution in [2.75, 3.05) is 10.6 Å². The number of halogens is 2. The number of amides is 2. The quantitative estimate of drug-likeness (QED) is 0.751. The molecule has 0 unspecified atom stereocenters. The Bertz CT molecular complexity index is 717. The summed E-state index contributed by atoms with van der Waals surface area (Å²) < 4.78 is 13.8. The molecule has 2 amide bonds. The zero-order chi connectivity index (χ0) is 15.6. The number of aryl methyl sites for hydroxylation is 1. The van der Waals surface area contributed by atoms with Gasteiger partial charge in [-0.15, -0.1) is 11.3 Å². The summed E-state index contributed by atoms with van der Waals surface area (Å²) in [5.41, 5.74) is 0.985. The predicted octanol–water partition coefficient (Wildman–Crippen LogP) is 4.30. The summed E-state index contributed by atoms with van der Waals surface area (Å²) in [4.78, 5) is 22.8. The second-order valence-corrected chi connectivity index (χ2v) is 5.90. The number of carbonyl (C=O) groups excluding carboxylic acids is 1. The highest BCUT2D eigenvalue weighted by atomic mass is 79.9. The average Bonchev–Trinajstić information content (AvgIpc) is 2.84. The van der Waals surface area contributed by atoms with E-state index >= 15 is 0 Å². The molecule has 1 heterocycles. The molecule has 8 heteroatoms. The lowest BCUT2D eigenvalue weighted by Gasteiger charge is -2.10. The third-order valence-electron chi connectivity index (χ3n) is 2.64. The van der Waals surface area contributed by atoms with Gasteiger partial charge in [0.25, 0.3) is 0 Å². The van der Waals surface area contributed by atoms with E-state index in [-0.39, 0.29) is 10.6 Å². The van der Waals surface area contributed by atoms with Crippen LogP contribution in [-0.4, -0.2) is 17.1 Å². The molecule has 0 fully saturated rings. The number of hydrogen-bond donors (Lipinski definition) is 3. The average molecular weight is 373 g/mol. The summed E-state index contributed by atoms with van der Waals surface area (Å²) in [7, 11) is 0. The van der Waals surface area contributed by atoms with Crippen LogP contribution in [0.25, 0.3) is 0 Å². The number of carboxylic acid groups (broad SMARTS) is 1. The first kappa shape index (κ1) is 15.5. The SMILES string of the molecule is Cc1cc(Br)c(F)cc1NC(=O)Nc1sccc1C(=O)O. The summed E-state index contributed by atoms with van der Waals surface area (Å²) in [6, 6.07) is 3.49. The Balaban J connectivity index is 2.14. The van der Waals surface area contributed by atoms with Crippen molar-refractivity contribution in [3.63, 3.8) is 0 Å². The maximum Gasteiger partial charge on any atom is 0.338 e. The third kappa shape index (κ3) is 3.59. The Morgan fingerprint density at radius 2 is 2.05 bits per heavy atom. The molecule has 0 spiro atoms. The van der Waals surface area contributed by atoms with Crippen molar-refractivity contribution in [3.05, 3.63) is 45.0 Å². The van der Waals surface area contributed by atoms with Crippen LogP contribution in [0.1, 0.15) is 15.9 Å². The zero-order valence-electron chi connectivity index (χ0n) is 10.7. The van der Waals surface area contributed by atoms with E-state index < -0.39 is 17.8 Å². The normalized spacial score (nSPS) is 10.2. The molecule has 0 saturated carbocycles. The van der Waals surface area contributed by atoms with Crippen LogP contribution < -0.4 is 10.6 Å². The van der Waals surface area contributed by atoms with Gasteiger partial charge in [-0.05, 0) is 52.0 Å². The molecule has 0 saturated heterocycles. The fourth-order valence-electron chi connectivity index (χ4n) is 1.61. The van der Waals surface area contributed by atoms with Gasteiger partial charge >= 0.3 is 12.0 Å². The lowest BCUT2D eigenvalue weighted by molar-refractivity contribution is 0.0698.